The molecule has 170 valence electrons. The third-order valence-corrected chi connectivity index (χ3v) is 6.44. The van der Waals surface area contributed by atoms with Crippen LogP contribution in [0.15, 0.2) is 71.6 Å². The summed E-state index contributed by atoms with van der Waals surface area (Å²) >= 11 is 0. The molecule has 1 fully saturated rings. The molecule has 10 heteroatoms. The van der Waals surface area contributed by atoms with Gasteiger partial charge in [0.05, 0.1) is 22.8 Å². The van der Waals surface area contributed by atoms with Crippen molar-refractivity contribution >= 4 is 39.1 Å². The number of hydrogen-bond acceptors (Lipinski definition) is 5. The third kappa shape index (κ3) is 4.80. The Kier molecular flexibility index (Phi) is 6.01. The van der Waals surface area contributed by atoms with Crippen LogP contribution in [0, 0.1) is 12.7 Å². The number of sulfonamides is 1. The first-order chi connectivity index (χ1) is 15.7. The standard InChI is InChI=1S/C23H20FN3O5S/c1-15-6-11-18(33(30,31)26-17-9-7-16(24)8-10-17)14-19(15)22(28)25-20-4-2-3-5-21(20)27-12-13-32-23(27)29/h2-11,14,26H,12-13H2,1H3,(H,25,28). The highest BCUT2D eigenvalue weighted by Gasteiger charge is 2.26. The summed E-state index contributed by atoms with van der Waals surface area (Å²) < 4.78 is 46.0. The number of carbonyl (C=O) groups excluding carboxylic acids is 2. The molecule has 1 aliphatic rings. The quantitative estimate of drug-likeness (QED) is 0.565. The van der Waals surface area contributed by atoms with E-state index >= 15 is 0 Å². The second-order valence-electron chi connectivity index (χ2n) is 7.33. The molecule has 33 heavy (non-hydrogen) atoms. The first-order valence-electron chi connectivity index (χ1n) is 9.98. The lowest BCUT2D eigenvalue weighted by molar-refractivity contribution is 0.102. The number of amides is 2. The Morgan fingerprint density at radius 1 is 1.06 bits per heavy atom. The van der Waals surface area contributed by atoms with Gasteiger partial charge in [0.25, 0.3) is 15.9 Å². The van der Waals surface area contributed by atoms with E-state index in [-0.39, 0.29) is 22.8 Å². The van der Waals surface area contributed by atoms with Crippen LogP contribution in [0.5, 0.6) is 0 Å². The summed E-state index contributed by atoms with van der Waals surface area (Å²) in [6, 6.07) is 15.8. The molecule has 1 heterocycles. The van der Waals surface area contributed by atoms with Crippen molar-refractivity contribution in [2.24, 2.45) is 0 Å². The lowest BCUT2D eigenvalue weighted by atomic mass is 10.1. The predicted molar refractivity (Wildman–Crippen MR) is 121 cm³/mol. The molecular formula is C23H20FN3O5S. The van der Waals surface area contributed by atoms with Gasteiger partial charge in [0.15, 0.2) is 0 Å². The van der Waals surface area contributed by atoms with Crippen molar-refractivity contribution in [3.8, 4) is 0 Å². The van der Waals surface area contributed by atoms with Gasteiger partial charge < -0.3 is 10.1 Å². The van der Waals surface area contributed by atoms with Crippen LogP contribution in [0.3, 0.4) is 0 Å². The zero-order valence-electron chi connectivity index (χ0n) is 17.5. The highest BCUT2D eigenvalue weighted by Crippen LogP contribution is 2.29. The first-order valence-corrected chi connectivity index (χ1v) is 11.5. The number of ether oxygens (including phenoxy) is 1. The van der Waals surface area contributed by atoms with E-state index in [1.807, 2.05) is 0 Å². The van der Waals surface area contributed by atoms with Gasteiger partial charge in [0.1, 0.15) is 12.4 Å². The second-order valence-corrected chi connectivity index (χ2v) is 9.01. The molecule has 8 nitrogen and oxygen atoms in total. The van der Waals surface area contributed by atoms with E-state index in [1.165, 1.54) is 35.2 Å². The lowest BCUT2D eigenvalue weighted by Gasteiger charge is -2.18. The number of aryl methyl sites for hydroxylation is 1. The number of rotatable bonds is 6. The van der Waals surface area contributed by atoms with Gasteiger partial charge in [0.2, 0.25) is 0 Å². The number of benzene rings is 3. The zero-order chi connectivity index (χ0) is 23.6. The van der Waals surface area contributed by atoms with Crippen LogP contribution in [0.1, 0.15) is 15.9 Å². The number of nitrogens with one attached hydrogen (secondary N) is 2. The van der Waals surface area contributed by atoms with Crippen LogP contribution in [-0.4, -0.2) is 33.6 Å². The maximum Gasteiger partial charge on any atom is 0.414 e. The van der Waals surface area contributed by atoms with Gasteiger partial charge in [0, 0.05) is 11.3 Å². The number of anilines is 3. The van der Waals surface area contributed by atoms with Crippen molar-refractivity contribution in [1.82, 2.24) is 0 Å². The van der Waals surface area contributed by atoms with Gasteiger partial charge >= 0.3 is 6.09 Å². The minimum Gasteiger partial charge on any atom is -0.447 e. The van der Waals surface area contributed by atoms with Gasteiger partial charge in [-0.3, -0.25) is 14.4 Å². The van der Waals surface area contributed by atoms with Crippen molar-refractivity contribution in [2.75, 3.05) is 28.1 Å². The molecule has 0 bridgehead atoms. The Morgan fingerprint density at radius 3 is 2.48 bits per heavy atom. The molecule has 0 saturated carbocycles. The molecule has 0 radical (unpaired) electrons. The van der Waals surface area contributed by atoms with Crippen LogP contribution in [-0.2, 0) is 14.8 Å². The maximum atomic E-state index is 13.1. The van der Waals surface area contributed by atoms with Gasteiger partial charge in [-0.1, -0.05) is 18.2 Å². The number of nitrogens with zero attached hydrogens (tertiary/aromatic N) is 1. The van der Waals surface area contributed by atoms with Crippen molar-refractivity contribution in [3.63, 3.8) is 0 Å². The van der Waals surface area contributed by atoms with E-state index in [4.69, 9.17) is 4.74 Å². The molecule has 2 N–H and O–H groups in total. The number of hydrogen-bond donors (Lipinski definition) is 2. The number of halogens is 1. The number of carbonyl (C=O) groups is 2. The van der Waals surface area contributed by atoms with E-state index in [9.17, 15) is 22.4 Å². The van der Waals surface area contributed by atoms with Gasteiger partial charge in [-0.15, -0.1) is 0 Å². The first kappa shape index (κ1) is 22.3. The zero-order valence-corrected chi connectivity index (χ0v) is 18.4. The topological polar surface area (TPSA) is 105 Å². The largest absolute Gasteiger partial charge is 0.447 e. The Morgan fingerprint density at radius 2 is 1.79 bits per heavy atom. The lowest BCUT2D eigenvalue weighted by Crippen LogP contribution is -2.25. The highest BCUT2D eigenvalue weighted by atomic mass is 32.2. The third-order valence-electron chi connectivity index (χ3n) is 5.06. The molecule has 0 aromatic heterocycles. The molecule has 0 spiro atoms. The highest BCUT2D eigenvalue weighted by molar-refractivity contribution is 7.92. The van der Waals surface area contributed by atoms with Crippen LogP contribution in [0.2, 0.25) is 0 Å². The fraction of sp³-hybridized carbons (Fsp3) is 0.130. The van der Waals surface area contributed by atoms with Crippen LogP contribution in [0.25, 0.3) is 0 Å². The van der Waals surface area contributed by atoms with E-state index in [1.54, 1.807) is 31.2 Å². The van der Waals surface area contributed by atoms with E-state index in [0.717, 1.165) is 12.1 Å². The smallest absolute Gasteiger partial charge is 0.414 e. The summed E-state index contributed by atoms with van der Waals surface area (Å²) in [6.07, 6.45) is -0.507. The summed E-state index contributed by atoms with van der Waals surface area (Å²) in [4.78, 5) is 26.3. The molecule has 1 aliphatic heterocycles. The van der Waals surface area contributed by atoms with Crippen molar-refractivity contribution in [2.45, 2.75) is 11.8 Å². The minimum atomic E-state index is -4.02. The Bertz CT molecular complexity index is 1330. The molecule has 0 atom stereocenters. The summed E-state index contributed by atoms with van der Waals surface area (Å²) in [6.45, 7) is 2.29. The summed E-state index contributed by atoms with van der Waals surface area (Å²) in [7, 11) is -4.02. The average molecular weight is 469 g/mol. The van der Waals surface area contributed by atoms with E-state index in [0.29, 0.717) is 23.5 Å². The van der Waals surface area contributed by atoms with Crippen LogP contribution in [0.4, 0.5) is 26.2 Å². The molecule has 4 rings (SSSR count). The Labute approximate surface area is 190 Å². The van der Waals surface area contributed by atoms with Crippen molar-refractivity contribution < 1.29 is 27.1 Å². The van der Waals surface area contributed by atoms with Crippen LogP contribution < -0.4 is 14.9 Å². The molecule has 0 unspecified atom stereocenters. The normalized spacial score (nSPS) is 13.5. The number of cyclic esters (lactones) is 1. The van der Waals surface area contributed by atoms with Gasteiger partial charge in [-0.05, 0) is 61.0 Å². The maximum absolute atomic E-state index is 13.1. The second kappa shape index (κ2) is 8.91. The average Bonchev–Trinajstić information content (AvgIpc) is 3.21. The molecule has 0 aliphatic carbocycles. The van der Waals surface area contributed by atoms with Crippen LogP contribution >= 0.6 is 0 Å². The van der Waals surface area contributed by atoms with Crippen molar-refractivity contribution in [3.05, 3.63) is 83.7 Å². The predicted octanol–water partition coefficient (Wildman–Crippen LogP) is 4.14. The van der Waals surface area contributed by atoms with Gasteiger partial charge in [-0.2, -0.15) is 0 Å². The SMILES string of the molecule is Cc1ccc(S(=O)(=O)Nc2ccc(F)cc2)cc1C(=O)Nc1ccccc1N1CCOC1=O. The summed E-state index contributed by atoms with van der Waals surface area (Å²) in [5, 5.41) is 2.75. The molecule has 1 saturated heterocycles. The van der Waals surface area contributed by atoms with Gasteiger partial charge in [-0.25, -0.2) is 17.6 Å². The molecule has 3 aromatic carbocycles. The van der Waals surface area contributed by atoms with Crippen molar-refractivity contribution in [1.29, 1.82) is 0 Å². The summed E-state index contributed by atoms with van der Waals surface area (Å²) in [5.41, 5.74) is 1.77. The fourth-order valence-electron chi connectivity index (χ4n) is 3.36. The van der Waals surface area contributed by atoms with E-state index in [2.05, 4.69) is 10.0 Å². The fourth-order valence-corrected chi connectivity index (χ4v) is 4.45. The molecular weight excluding hydrogens is 449 g/mol. The monoisotopic (exact) mass is 469 g/mol. The molecule has 3 aromatic rings. The summed E-state index contributed by atoms with van der Waals surface area (Å²) in [5.74, 6) is -1.03. The van der Waals surface area contributed by atoms with E-state index < -0.39 is 27.8 Å². The Hall–Kier alpha value is -3.92. The number of para-hydroxylation sites is 2. The Balaban J connectivity index is 1.60. The minimum absolute atomic E-state index is 0.126. The molecule has 2 amide bonds.